The molecule has 0 spiro atoms. The topological polar surface area (TPSA) is 81.5 Å². The zero-order valence-electron chi connectivity index (χ0n) is 14.0. The number of hydrogen-bond donors (Lipinski definition) is 1. The number of hydrogen-bond acceptors (Lipinski definition) is 4. The van der Waals surface area contributed by atoms with Crippen LogP contribution in [-0.4, -0.2) is 16.9 Å². The average Bonchev–Trinajstić information content (AvgIpc) is 2.62. The number of para-hydroxylation sites is 2. The van der Waals surface area contributed by atoms with Gasteiger partial charge in [0.05, 0.1) is 11.0 Å². The van der Waals surface area contributed by atoms with Gasteiger partial charge in [0, 0.05) is 6.07 Å². The van der Waals surface area contributed by atoms with Gasteiger partial charge < -0.3 is 10.1 Å². The van der Waals surface area contributed by atoms with Crippen molar-refractivity contribution in [3.05, 3.63) is 69.8 Å². The first-order valence-electron chi connectivity index (χ1n) is 8.34. The van der Waals surface area contributed by atoms with Gasteiger partial charge >= 0.3 is 5.69 Å². The number of nitro benzene ring substituents is 1. The van der Waals surface area contributed by atoms with Crippen LogP contribution in [0, 0.1) is 10.1 Å². The quantitative estimate of drug-likeness (QED) is 0.666. The number of benzene rings is 2. The highest BCUT2D eigenvalue weighted by Crippen LogP contribution is 2.30. The molecule has 1 aliphatic carbocycles. The van der Waals surface area contributed by atoms with Gasteiger partial charge in [-0.3, -0.25) is 14.9 Å². The lowest BCUT2D eigenvalue weighted by molar-refractivity contribution is -0.386. The van der Waals surface area contributed by atoms with Crippen molar-refractivity contribution in [2.24, 2.45) is 0 Å². The van der Waals surface area contributed by atoms with Crippen molar-refractivity contribution >= 4 is 11.6 Å². The maximum absolute atomic E-state index is 12.5. The maximum atomic E-state index is 12.5. The Bertz CT molecular complexity index is 790. The number of nitrogens with zero attached hydrogens (tertiary/aromatic N) is 1. The third-order valence-electron chi connectivity index (χ3n) is 4.42. The normalized spacial score (nSPS) is 17.2. The fraction of sp³-hybridized carbons (Fsp3) is 0.316. The molecule has 1 amide bonds. The van der Waals surface area contributed by atoms with Gasteiger partial charge in [0.25, 0.3) is 5.91 Å². The van der Waals surface area contributed by atoms with Crippen molar-refractivity contribution in [3.63, 3.8) is 0 Å². The second-order valence-corrected chi connectivity index (χ2v) is 6.14. The van der Waals surface area contributed by atoms with Crippen molar-refractivity contribution in [1.82, 2.24) is 5.32 Å². The predicted molar refractivity (Wildman–Crippen MR) is 93.5 cm³/mol. The lowest BCUT2D eigenvalue weighted by atomic mass is 9.87. The van der Waals surface area contributed by atoms with Gasteiger partial charge in [0.15, 0.2) is 11.9 Å². The van der Waals surface area contributed by atoms with E-state index in [9.17, 15) is 14.9 Å². The summed E-state index contributed by atoms with van der Waals surface area (Å²) in [6.45, 7) is 1.60. The summed E-state index contributed by atoms with van der Waals surface area (Å²) in [5.74, 6) is -0.181. The summed E-state index contributed by atoms with van der Waals surface area (Å²) in [5, 5.41) is 14.1. The van der Waals surface area contributed by atoms with Crippen LogP contribution < -0.4 is 10.1 Å². The van der Waals surface area contributed by atoms with Crippen LogP contribution in [0.25, 0.3) is 0 Å². The summed E-state index contributed by atoms with van der Waals surface area (Å²) < 4.78 is 5.54. The van der Waals surface area contributed by atoms with Crippen molar-refractivity contribution < 1.29 is 14.5 Å². The predicted octanol–water partition coefficient (Wildman–Crippen LogP) is 3.56. The van der Waals surface area contributed by atoms with Crippen molar-refractivity contribution in [3.8, 4) is 5.75 Å². The third-order valence-corrected chi connectivity index (χ3v) is 4.42. The Hall–Kier alpha value is -2.89. The highest BCUT2D eigenvalue weighted by molar-refractivity contribution is 5.81. The highest BCUT2D eigenvalue weighted by Gasteiger charge is 2.25. The molecule has 1 N–H and O–H groups in total. The number of amides is 1. The number of nitrogens with one attached hydrogen (secondary N) is 1. The monoisotopic (exact) mass is 340 g/mol. The maximum Gasteiger partial charge on any atom is 0.310 e. The molecule has 0 radical (unpaired) electrons. The molecule has 130 valence electrons. The summed E-state index contributed by atoms with van der Waals surface area (Å²) >= 11 is 0. The smallest absolute Gasteiger partial charge is 0.310 e. The van der Waals surface area contributed by atoms with Gasteiger partial charge in [-0.25, -0.2) is 0 Å². The standard InChI is InChI=1S/C19H20N2O4/c1-13(25-18-12-5-4-11-17(18)21(23)24)19(22)20-16-10-6-8-14-7-2-3-9-15(14)16/h2-5,7,9,11-13,16H,6,8,10H2,1H3,(H,20,22)/t13-,16-/m1/s1. The van der Waals surface area contributed by atoms with Gasteiger partial charge in [-0.2, -0.15) is 0 Å². The first-order valence-corrected chi connectivity index (χ1v) is 8.34. The van der Waals surface area contributed by atoms with Gasteiger partial charge in [0.2, 0.25) is 0 Å². The number of aryl methyl sites for hydroxylation is 1. The lowest BCUT2D eigenvalue weighted by Gasteiger charge is -2.27. The molecule has 3 rings (SSSR count). The Morgan fingerprint density at radius 2 is 1.96 bits per heavy atom. The SMILES string of the molecule is C[C@@H](Oc1ccccc1[N+](=O)[O-])C(=O)N[C@@H]1CCCc2ccccc21. The summed E-state index contributed by atoms with van der Waals surface area (Å²) in [6.07, 6.45) is 2.09. The number of carbonyl (C=O) groups excluding carboxylic acids is 1. The van der Waals surface area contributed by atoms with E-state index >= 15 is 0 Å². The van der Waals surface area contributed by atoms with Crippen LogP contribution in [0.2, 0.25) is 0 Å². The number of rotatable bonds is 5. The molecule has 2 aromatic rings. The van der Waals surface area contributed by atoms with E-state index in [-0.39, 0.29) is 23.4 Å². The van der Waals surface area contributed by atoms with E-state index < -0.39 is 11.0 Å². The molecule has 6 nitrogen and oxygen atoms in total. The minimum absolute atomic E-state index is 0.0470. The molecule has 0 fully saturated rings. The molecule has 1 aliphatic rings. The highest BCUT2D eigenvalue weighted by atomic mass is 16.6. The third kappa shape index (κ3) is 3.79. The van der Waals surface area contributed by atoms with E-state index in [2.05, 4.69) is 11.4 Å². The Morgan fingerprint density at radius 1 is 1.24 bits per heavy atom. The Kier molecular flexibility index (Phi) is 4.97. The zero-order valence-corrected chi connectivity index (χ0v) is 14.0. The second-order valence-electron chi connectivity index (χ2n) is 6.14. The van der Waals surface area contributed by atoms with Crippen molar-refractivity contribution in [1.29, 1.82) is 0 Å². The fourth-order valence-corrected chi connectivity index (χ4v) is 3.14. The van der Waals surface area contributed by atoms with Crippen LogP contribution in [0.15, 0.2) is 48.5 Å². The summed E-state index contributed by atoms with van der Waals surface area (Å²) in [6, 6.07) is 14.1. The molecule has 0 saturated carbocycles. The van der Waals surface area contributed by atoms with Gasteiger partial charge in [-0.05, 0) is 43.4 Å². The second kappa shape index (κ2) is 7.34. The van der Waals surface area contributed by atoms with E-state index in [0.717, 1.165) is 24.8 Å². The minimum atomic E-state index is -0.824. The van der Waals surface area contributed by atoms with E-state index in [4.69, 9.17) is 4.74 Å². The van der Waals surface area contributed by atoms with Crippen LogP contribution >= 0.6 is 0 Å². The van der Waals surface area contributed by atoms with Crippen LogP contribution in [0.5, 0.6) is 5.75 Å². The van der Waals surface area contributed by atoms with Crippen LogP contribution in [0.3, 0.4) is 0 Å². The van der Waals surface area contributed by atoms with Crippen molar-refractivity contribution in [2.45, 2.75) is 38.3 Å². The molecule has 0 bridgehead atoms. The lowest BCUT2D eigenvalue weighted by Crippen LogP contribution is -2.39. The molecular weight excluding hydrogens is 320 g/mol. The average molecular weight is 340 g/mol. The Morgan fingerprint density at radius 3 is 2.76 bits per heavy atom. The molecule has 2 aromatic carbocycles. The molecule has 0 saturated heterocycles. The van der Waals surface area contributed by atoms with Crippen LogP contribution in [0.4, 0.5) is 5.69 Å². The molecular formula is C19H20N2O4. The molecule has 2 atom stereocenters. The number of carbonyl (C=O) groups is 1. The van der Waals surface area contributed by atoms with Gasteiger partial charge in [-0.15, -0.1) is 0 Å². The number of nitro groups is 1. The van der Waals surface area contributed by atoms with Gasteiger partial charge in [-0.1, -0.05) is 36.4 Å². The Labute approximate surface area is 146 Å². The zero-order chi connectivity index (χ0) is 17.8. The number of ether oxygens (including phenoxy) is 1. The van der Waals surface area contributed by atoms with E-state index in [0.29, 0.717) is 0 Å². The van der Waals surface area contributed by atoms with Crippen LogP contribution in [-0.2, 0) is 11.2 Å². The molecule has 0 heterocycles. The molecule has 25 heavy (non-hydrogen) atoms. The summed E-state index contributed by atoms with van der Waals surface area (Å²) in [4.78, 5) is 23.0. The fourth-order valence-electron chi connectivity index (χ4n) is 3.14. The first-order chi connectivity index (χ1) is 12.1. The van der Waals surface area contributed by atoms with Crippen molar-refractivity contribution in [2.75, 3.05) is 0 Å². The largest absolute Gasteiger partial charge is 0.474 e. The minimum Gasteiger partial charge on any atom is -0.474 e. The van der Waals surface area contributed by atoms with E-state index in [1.807, 2.05) is 18.2 Å². The van der Waals surface area contributed by atoms with E-state index in [1.54, 1.807) is 19.1 Å². The summed E-state index contributed by atoms with van der Waals surface area (Å²) in [7, 11) is 0. The Balaban J connectivity index is 1.69. The molecule has 0 aliphatic heterocycles. The molecule has 0 aromatic heterocycles. The van der Waals surface area contributed by atoms with E-state index in [1.165, 1.54) is 17.7 Å². The first kappa shape index (κ1) is 17.0. The number of fused-ring (bicyclic) bond motifs is 1. The molecule has 6 heteroatoms. The van der Waals surface area contributed by atoms with Crippen LogP contribution in [0.1, 0.15) is 36.9 Å². The molecule has 0 unspecified atom stereocenters. The summed E-state index contributed by atoms with van der Waals surface area (Å²) in [5.41, 5.74) is 2.25. The van der Waals surface area contributed by atoms with Gasteiger partial charge in [0.1, 0.15) is 0 Å².